The molecule has 1 aromatic heterocycles. The van der Waals surface area contributed by atoms with Crippen LogP contribution in [0.25, 0.3) is 0 Å². The van der Waals surface area contributed by atoms with Crippen LogP contribution >= 0.6 is 11.3 Å². The highest BCUT2D eigenvalue weighted by Crippen LogP contribution is 2.16. The van der Waals surface area contributed by atoms with Gasteiger partial charge in [-0.1, -0.05) is 6.92 Å². The van der Waals surface area contributed by atoms with Crippen molar-refractivity contribution < 1.29 is 9.59 Å². The molecule has 0 aliphatic rings. The van der Waals surface area contributed by atoms with Crippen molar-refractivity contribution in [2.75, 3.05) is 0 Å². The highest BCUT2D eigenvalue weighted by Gasteiger charge is 2.14. The Balaban J connectivity index is 2.45. The van der Waals surface area contributed by atoms with Gasteiger partial charge in [-0.25, -0.2) is 4.79 Å². The van der Waals surface area contributed by atoms with Crippen molar-refractivity contribution in [3.8, 4) is 0 Å². The lowest BCUT2D eigenvalue weighted by Gasteiger charge is -2.12. The van der Waals surface area contributed by atoms with Gasteiger partial charge in [-0.05, 0) is 30.4 Å². The van der Waals surface area contributed by atoms with Gasteiger partial charge in [0, 0.05) is 11.4 Å². The van der Waals surface area contributed by atoms with Crippen molar-refractivity contribution in [3.63, 3.8) is 0 Å². The van der Waals surface area contributed by atoms with Gasteiger partial charge in [0.1, 0.15) is 0 Å². The van der Waals surface area contributed by atoms with E-state index >= 15 is 0 Å². The minimum Gasteiger partial charge on any atom is -0.351 e. The number of aryl methyl sites for hydroxylation is 1. The van der Waals surface area contributed by atoms with Crippen LogP contribution in [-0.4, -0.2) is 18.0 Å². The van der Waals surface area contributed by atoms with Crippen LogP contribution in [0.15, 0.2) is 11.4 Å². The second kappa shape index (κ2) is 6.36. The van der Waals surface area contributed by atoms with E-state index in [1.54, 1.807) is 18.3 Å². The number of amides is 3. The number of hydrogen-bond acceptors (Lipinski definition) is 4. The molecule has 1 atom stereocenters. The molecule has 1 heterocycles. The zero-order valence-corrected chi connectivity index (χ0v) is 10.8. The molecule has 1 rings (SSSR count). The number of rotatable bonds is 5. The first-order chi connectivity index (χ1) is 8.04. The Bertz CT molecular complexity index is 403. The lowest BCUT2D eigenvalue weighted by atomic mass is 10.2. The summed E-state index contributed by atoms with van der Waals surface area (Å²) < 4.78 is 0. The normalized spacial score (nSPS) is 12.1. The molecule has 0 aliphatic carbocycles. The fourth-order valence-electron chi connectivity index (χ4n) is 1.41. The molecule has 0 radical (unpaired) electrons. The number of carbonyl (C=O) groups excluding carboxylic acids is 2. The van der Waals surface area contributed by atoms with Crippen LogP contribution in [-0.2, 0) is 17.8 Å². The summed E-state index contributed by atoms with van der Waals surface area (Å²) in [6.45, 7) is 4.40. The van der Waals surface area contributed by atoms with Crippen molar-refractivity contribution >= 4 is 23.3 Å². The number of nitrogens with one attached hydrogen (secondary N) is 2. The van der Waals surface area contributed by atoms with Crippen molar-refractivity contribution in [1.82, 2.24) is 10.6 Å². The average Bonchev–Trinajstić information content (AvgIpc) is 2.72. The van der Waals surface area contributed by atoms with Gasteiger partial charge in [0.2, 0.25) is 5.91 Å². The Labute approximate surface area is 104 Å². The van der Waals surface area contributed by atoms with Crippen LogP contribution in [0.5, 0.6) is 0 Å². The maximum Gasteiger partial charge on any atom is 0.318 e. The van der Waals surface area contributed by atoms with E-state index in [2.05, 4.69) is 18.3 Å². The number of hydrogen-bond donors (Lipinski definition) is 3. The lowest BCUT2D eigenvalue weighted by molar-refractivity contribution is -0.121. The van der Waals surface area contributed by atoms with Crippen LogP contribution in [0.3, 0.4) is 0 Å². The molecule has 3 amide bonds. The fraction of sp³-hybridized carbons (Fsp3) is 0.455. The number of imide groups is 1. The monoisotopic (exact) mass is 255 g/mol. The predicted molar refractivity (Wildman–Crippen MR) is 67.7 cm³/mol. The summed E-state index contributed by atoms with van der Waals surface area (Å²) in [5, 5.41) is 7.13. The average molecular weight is 255 g/mol. The summed E-state index contributed by atoms with van der Waals surface area (Å²) in [5.74, 6) is -0.410. The zero-order chi connectivity index (χ0) is 12.8. The third kappa shape index (κ3) is 4.16. The molecule has 0 aliphatic heterocycles. The molecular weight excluding hydrogens is 238 g/mol. The highest BCUT2D eigenvalue weighted by molar-refractivity contribution is 7.10. The van der Waals surface area contributed by atoms with Crippen LogP contribution in [0.4, 0.5) is 4.79 Å². The first kappa shape index (κ1) is 13.7. The third-order valence-corrected chi connectivity index (χ3v) is 3.39. The molecule has 0 fully saturated rings. The maximum absolute atomic E-state index is 11.4. The van der Waals surface area contributed by atoms with Crippen LogP contribution in [0.2, 0.25) is 0 Å². The van der Waals surface area contributed by atoms with E-state index in [9.17, 15) is 9.59 Å². The summed E-state index contributed by atoms with van der Waals surface area (Å²) in [4.78, 5) is 23.1. The molecule has 0 saturated carbocycles. The predicted octanol–water partition coefficient (Wildman–Crippen LogP) is 0.984. The minimum atomic E-state index is -0.825. The second-order valence-corrected chi connectivity index (χ2v) is 4.68. The third-order valence-electron chi connectivity index (χ3n) is 2.43. The summed E-state index contributed by atoms with van der Waals surface area (Å²) in [6.07, 6.45) is 0.975. The van der Waals surface area contributed by atoms with E-state index in [4.69, 9.17) is 5.73 Å². The van der Waals surface area contributed by atoms with E-state index in [-0.39, 0.29) is 0 Å². The van der Waals surface area contributed by atoms with Gasteiger partial charge in [0.25, 0.3) is 0 Å². The van der Waals surface area contributed by atoms with Crippen molar-refractivity contribution in [2.45, 2.75) is 32.9 Å². The molecule has 0 saturated heterocycles. The van der Waals surface area contributed by atoms with E-state index in [1.807, 2.05) is 10.7 Å². The Morgan fingerprint density at radius 1 is 1.53 bits per heavy atom. The first-order valence-electron chi connectivity index (χ1n) is 5.43. The fourth-order valence-corrected chi connectivity index (χ4v) is 2.33. The molecule has 1 aromatic rings. The van der Waals surface area contributed by atoms with E-state index in [1.165, 1.54) is 10.4 Å². The number of nitrogens with two attached hydrogens (primary N) is 1. The van der Waals surface area contributed by atoms with Crippen LogP contribution < -0.4 is 16.4 Å². The van der Waals surface area contributed by atoms with Crippen LogP contribution in [0, 0.1) is 0 Å². The van der Waals surface area contributed by atoms with Gasteiger partial charge in [0.05, 0.1) is 6.04 Å². The van der Waals surface area contributed by atoms with Gasteiger partial charge >= 0.3 is 6.03 Å². The molecule has 0 spiro atoms. The smallest absolute Gasteiger partial charge is 0.318 e. The Kier molecular flexibility index (Phi) is 5.11. The summed E-state index contributed by atoms with van der Waals surface area (Å²) in [5.41, 5.74) is 6.15. The zero-order valence-electron chi connectivity index (χ0n) is 9.95. The van der Waals surface area contributed by atoms with E-state index < -0.39 is 18.0 Å². The molecule has 6 heteroatoms. The topological polar surface area (TPSA) is 84.2 Å². The van der Waals surface area contributed by atoms with Gasteiger partial charge in [-0.3, -0.25) is 10.1 Å². The van der Waals surface area contributed by atoms with Gasteiger partial charge < -0.3 is 11.1 Å². The summed E-state index contributed by atoms with van der Waals surface area (Å²) >= 11 is 1.66. The molecular formula is C11H17N3O2S. The summed E-state index contributed by atoms with van der Waals surface area (Å²) in [7, 11) is 0. The standard InChI is InChI=1S/C11H17N3O2S/c1-3-8-4-5-17-9(8)6-13-7(2)10(15)14-11(12)16/h4-5,7,13H,3,6H2,1-2H3,(H3,12,14,15,16). The van der Waals surface area contributed by atoms with Crippen molar-refractivity contribution in [3.05, 3.63) is 21.9 Å². The molecule has 0 bridgehead atoms. The van der Waals surface area contributed by atoms with Crippen molar-refractivity contribution in [2.24, 2.45) is 5.73 Å². The largest absolute Gasteiger partial charge is 0.351 e. The SMILES string of the molecule is CCc1ccsc1CNC(C)C(=O)NC(N)=O. The van der Waals surface area contributed by atoms with E-state index in [0.29, 0.717) is 6.54 Å². The van der Waals surface area contributed by atoms with Crippen LogP contribution in [0.1, 0.15) is 24.3 Å². The Morgan fingerprint density at radius 2 is 2.24 bits per heavy atom. The Morgan fingerprint density at radius 3 is 2.82 bits per heavy atom. The van der Waals surface area contributed by atoms with Crippen molar-refractivity contribution in [1.29, 1.82) is 0 Å². The van der Waals surface area contributed by atoms with Gasteiger partial charge in [-0.15, -0.1) is 11.3 Å². The number of primary amides is 1. The first-order valence-corrected chi connectivity index (χ1v) is 6.31. The molecule has 4 N–H and O–H groups in total. The molecule has 1 unspecified atom stereocenters. The quantitative estimate of drug-likeness (QED) is 0.733. The lowest BCUT2D eigenvalue weighted by Crippen LogP contribution is -2.46. The maximum atomic E-state index is 11.4. The van der Waals surface area contributed by atoms with Gasteiger partial charge in [0.15, 0.2) is 0 Å². The molecule has 17 heavy (non-hydrogen) atoms. The molecule has 94 valence electrons. The number of carbonyl (C=O) groups is 2. The number of urea groups is 1. The van der Waals surface area contributed by atoms with E-state index in [0.717, 1.165) is 6.42 Å². The summed E-state index contributed by atoms with van der Waals surface area (Å²) in [6, 6.07) is 0.804. The number of thiophene rings is 1. The molecule has 5 nitrogen and oxygen atoms in total. The minimum absolute atomic E-state index is 0.410. The second-order valence-electron chi connectivity index (χ2n) is 3.68. The van der Waals surface area contributed by atoms with Gasteiger partial charge in [-0.2, -0.15) is 0 Å². The molecule has 0 aromatic carbocycles. The highest BCUT2D eigenvalue weighted by atomic mass is 32.1. The Hall–Kier alpha value is -1.40.